The molecule has 1 aromatic carbocycles. The zero-order chi connectivity index (χ0) is 11.4. The fourth-order valence-electron chi connectivity index (χ4n) is 1.56. The van der Waals surface area contributed by atoms with Gasteiger partial charge in [-0.1, -0.05) is 29.3 Å². The largest absolute Gasteiger partial charge is 0.313 e. The third kappa shape index (κ3) is 3.37. The van der Waals surface area contributed by atoms with E-state index in [1.807, 2.05) is 27.0 Å². The number of aryl methyl sites for hydroxylation is 1. The molecule has 15 heavy (non-hydrogen) atoms. The van der Waals surface area contributed by atoms with Gasteiger partial charge in [0.2, 0.25) is 0 Å². The number of rotatable bonds is 4. The molecule has 0 bridgehead atoms. The van der Waals surface area contributed by atoms with Crippen molar-refractivity contribution >= 4 is 11.6 Å². The van der Waals surface area contributed by atoms with Gasteiger partial charge in [0.25, 0.3) is 0 Å². The number of hydrogen-bond donors (Lipinski definition) is 1. The number of nitrogens with one attached hydrogen (secondary N) is 1. The van der Waals surface area contributed by atoms with Crippen LogP contribution >= 0.6 is 11.6 Å². The molecule has 0 aromatic heterocycles. The van der Waals surface area contributed by atoms with Gasteiger partial charge < -0.3 is 5.32 Å². The molecule has 0 fully saturated rings. The first-order valence-corrected chi connectivity index (χ1v) is 5.50. The lowest BCUT2D eigenvalue weighted by atomic mass is 9.99. The van der Waals surface area contributed by atoms with Crippen molar-refractivity contribution in [2.45, 2.75) is 26.3 Å². The summed E-state index contributed by atoms with van der Waals surface area (Å²) >= 11 is 6.10. The van der Waals surface area contributed by atoms with Crippen LogP contribution in [0.25, 0.3) is 0 Å². The van der Waals surface area contributed by atoms with Crippen molar-refractivity contribution in [1.29, 1.82) is 0 Å². The van der Waals surface area contributed by atoms with Crippen molar-refractivity contribution < 1.29 is 0 Å². The summed E-state index contributed by atoms with van der Waals surface area (Å²) < 4.78 is 0. The van der Waals surface area contributed by atoms with Gasteiger partial charge in [-0.2, -0.15) is 0 Å². The van der Waals surface area contributed by atoms with Gasteiger partial charge in [0.15, 0.2) is 0 Å². The number of halogens is 1. The van der Waals surface area contributed by atoms with Crippen LogP contribution in [0.1, 0.15) is 30.5 Å². The predicted molar refractivity (Wildman–Crippen MR) is 67.4 cm³/mol. The van der Waals surface area contributed by atoms with Gasteiger partial charge >= 0.3 is 0 Å². The summed E-state index contributed by atoms with van der Waals surface area (Å²) in [7, 11) is 1.96. The Balaban J connectivity index is 2.92. The maximum atomic E-state index is 6.10. The third-order valence-corrected chi connectivity index (χ3v) is 2.91. The topological polar surface area (TPSA) is 12.0 Å². The van der Waals surface area contributed by atoms with Crippen molar-refractivity contribution in [2.75, 3.05) is 7.05 Å². The van der Waals surface area contributed by atoms with Crippen LogP contribution in [0.15, 0.2) is 30.4 Å². The zero-order valence-corrected chi connectivity index (χ0v) is 10.4. The smallest absolute Gasteiger partial charge is 0.0438 e. The second-order valence-corrected chi connectivity index (χ2v) is 4.42. The fraction of sp³-hybridized carbons (Fsp3) is 0.385. The first-order chi connectivity index (χ1) is 7.04. The van der Waals surface area contributed by atoms with E-state index in [1.165, 1.54) is 11.1 Å². The standard InChI is InChI=1S/C13H18ClN/c1-9(2)7-13(15-4)11-6-5-10(3)12(14)8-11/h5-6,8,13,15H,1,7H2,2-4H3. The molecule has 1 atom stereocenters. The second-order valence-electron chi connectivity index (χ2n) is 4.01. The molecule has 0 aliphatic carbocycles. The quantitative estimate of drug-likeness (QED) is 0.764. The molecule has 0 spiro atoms. The maximum absolute atomic E-state index is 6.10. The highest BCUT2D eigenvalue weighted by Crippen LogP contribution is 2.24. The van der Waals surface area contributed by atoms with Crippen molar-refractivity contribution in [1.82, 2.24) is 5.32 Å². The molecular formula is C13H18ClN. The van der Waals surface area contributed by atoms with Gasteiger partial charge in [0, 0.05) is 11.1 Å². The van der Waals surface area contributed by atoms with Crippen LogP contribution in [0.5, 0.6) is 0 Å². The van der Waals surface area contributed by atoms with Crippen LogP contribution in [0.4, 0.5) is 0 Å². The van der Waals surface area contributed by atoms with E-state index in [4.69, 9.17) is 11.6 Å². The summed E-state index contributed by atoms with van der Waals surface area (Å²) in [5.74, 6) is 0. The summed E-state index contributed by atoms with van der Waals surface area (Å²) in [5, 5.41) is 4.11. The van der Waals surface area contributed by atoms with E-state index in [1.54, 1.807) is 0 Å². The van der Waals surface area contributed by atoms with Gasteiger partial charge in [0.05, 0.1) is 0 Å². The summed E-state index contributed by atoms with van der Waals surface area (Å²) in [6, 6.07) is 6.51. The molecule has 0 radical (unpaired) electrons. The Morgan fingerprint density at radius 2 is 2.20 bits per heavy atom. The molecule has 2 heteroatoms. The minimum absolute atomic E-state index is 0.306. The summed E-state index contributed by atoms with van der Waals surface area (Å²) in [5.41, 5.74) is 3.51. The van der Waals surface area contributed by atoms with Crippen LogP contribution in [0.2, 0.25) is 5.02 Å². The normalized spacial score (nSPS) is 12.5. The molecule has 0 saturated carbocycles. The monoisotopic (exact) mass is 223 g/mol. The van der Waals surface area contributed by atoms with Crippen molar-refractivity contribution in [3.8, 4) is 0 Å². The van der Waals surface area contributed by atoms with E-state index < -0.39 is 0 Å². The molecule has 1 aromatic rings. The predicted octanol–water partition coefficient (Wildman–Crippen LogP) is 3.88. The molecule has 0 amide bonds. The molecule has 1 nitrogen and oxygen atoms in total. The summed E-state index contributed by atoms with van der Waals surface area (Å²) in [4.78, 5) is 0. The average molecular weight is 224 g/mol. The van der Waals surface area contributed by atoms with Crippen LogP contribution in [0, 0.1) is 6.92 Å². The molecule has 1 N–H and O–H groups in total. The average Bonchev–Trinajstić information content (AvgIpc) is 2.18. The lowest BCUT2D eigenvalue weighted by molar-refractivity contribution is 0.590. The van der Waals surface area contributed by atoms with E-state index in [0.717, 1.165) is 17.0 Å². The minimum Gasteiger partial charge on any atom is -0.313 e. The van der Waals surface area contributed by atoms with Gasteiger partial charge in [0.1, 0.15) is 0 Å². The molecule has 0 aliphatic heterocycles. The van der Waals surface area contributed by atoms with Gasteiger partial charge in [-0.05, 0) is 44.5 Å². The van der Waals surface area contributed by atoms with Crippen LogP contribution in [-0.4, -0.2) is 7.05 Å². The zero-order valence-electron chi connectivity index (χ0n) is 9.60. The van der Waals surface area contributed by atoms with Crippen LogP contribution < -0.4 is 5.32 Å². The maximum Gasteiger partial charge on any atom is 0.0438 e. The Hall–Kier alpha value is -0.790. The Morgan fingerprint density at radius 3 is 2.67 bits per heavy atom. The summed E-state index contributed by atoms with van der Waals surface area (Å²) in [6.45, 7) is 7.99. The summed E-state index contributed by atoms with van der Waals surface area (Å²) in [6.07, 6.45) is 0.940. The van der Waals surface area contributed by atoms with Crippen molar-refractivity contribution in [3.05, 3.63) is 46.5 Å². The van der Waals surface area contributed by atoms with Crippen LogP contribution in [0.3, 0.4) is 0 Å². The van der Waals surface area contributed by atoms with E-state index in [2.05, 4.69) is 24.0 Å². The Kier molecular flexibility index (Phi) is 4.37. The number of benzene rings is 1. The molecular weight excluding hydrogens is 206 g/mol. The lowest BCUT2D eigenvalue weighted by Crippen LogP contribution is -2.16. The van der Waals surface area contributed by atoms with Gasteiger partial charge in [-0.15, -0.1) is 6.58 Å². The van der Waals surface area contributed by atoms with Crippen molar-refractivity contribution in [2.24, 2.45) is 0 Å². The van der Waals surface area contributed by atoms with Crippen molar-refractivity contribution in [3.63, 3.8) is 0 Å². The highest BCUT2D eigenvalue weighted by Gasteiger charge is 2.10. The lowest BCUT2D eigenvalue weighted by Gasteiger charge is -2.17. The number of hydrogen-bond acceptors (Lipinski definition) is 1. The van der Waals surface area contributed by atoms with E-state index in [0.29, 0.717) is 6.04 Å². The molecule has 82 valence electrons. The highest BCUT2D eigenvalue weighted by molar-refractivity contribution is 6.31. The Labute approximate surface area is 97.1 Å². The third-order valence-electron chi connectivity index (χ3n) is 2.50. The van der Waals surface area contributed by atoms with E-state index in [9.17, 15) is 0 Å². The highest BCUT2D eigenvalue weighted by atomic mass is 35.5. The minimum atomic E-state index is 0.306. The van der Waals surface area contributed by atoms with Gasteiger partial charge in [-0.3, -0.25) is 0 Å². The molecule has 0 saturated heterocycles. The molecule has 0 aliphatic rings. The Bertz CT molecular complexity index is 358. The fourth-order valence-corrected chi connectivity index (χ4v) is 1.75. The van der Waals surface area contributed by atoms with E-state index in [-0.39, 0.29) is 0 Å². The second kappa shape index (κ2) is 5.34. The molecule has 1 rings (SSSR count). The molecule has 0 heterocycles. The van der Waals surface area contributed by atoms with Crippen LogP contribution in [-0.2, 0) is 0 Å². The van der Waals surface area contributed by atoms with E-state index >= 15 is 0 Å². The Morgan fingerprint density at radius 1 is 1.53 bits per heavy atom. The molecule has 1 unspecified atom stereocenters. The first-order valence-electron chi connectivity index (χ1n) is 5.12. The van der Waals surface area contributed by atoms with Gasteiger partial charge in [-0.25, -0.2) is 0 Å². The first kappa shape index (κ1) is 12.3. The SMILES string of the molecule is C=C(C)CC(NC)c1ccc(C)c(Cl)c1.